The van der Waals surface area contributed by atoms with Gasteiger partial charge >= 0.3 is 5.97 Å². The number of amides is 4. The van der Waals surface area contributed by atoms with Crippen molar-refractivity contribution in [2.45, 2.75) is 233 Å². The van der Waals surface area contributed by atoms with Gasteiger partial charge in [-0.15, -0.1) is 0 Å². The van der Waals surface area contributed by atoms with Crippen LogP contribution >= 0.6 is 11.6 Å². The first-order chi connectivity index (χ1) is 42.7. The molecule has 0 aliphatic carbocycles. The first-order valence-corrected chi connectivity index (χ1v) is 32.1. The number of halogens is 5. The molecule has 23 heteroatoms. The molecule has 4 aliphatic rings. The van der Waals surface area contributed by atoms with Gasteiger partial charge in [-0.3, -0.25) is 38.4 Å². The zero-order valence-corrected chi connectivity index (χ0v) is 52.5. The number of benzene rings is 2. The summed E-state index contributed by atoms with van der Waals surface area (Å²) >= 11 is 5.26. The molecular weight excluding hydrogens is 1180 g/mol. The number of nitrogens with zero attached hydrogens (tertiary/aromatic N) is 4. The molecule has 0 spiro atoms. The number of nitrogens with one attached hydrogen (secondary N) is 2. The molecule has 4 aromatic rings. The highest BCUT2D eigenvalue weighted by molar-refractivity contribution is 6.63. The van der Waals surface area contributed by atoms with Crippen molar-refractivity contribution in [2.75, 3.05) is 13.2 Å². The molecule has 4 amide bonds. The lowest BCUT2D eigenvalue weighted by atomic mass is 10.1. The van der Waals surface area contributed by atoms with Crippen LogP contribution in [0.5, 0.6) is 11.5 Å². The number of ether oxygens (including phenoxy) is 3. The Balaban J connectivity index is 0.000000239. The third-order valence-electron chi connectivity index (χ3n) is 16.3. The van der Waals surface area contributed by atoms with Crippen molar-refractivity contribution in [1.82, 2.24) is 29.6 Å². The predicted octanol–water partition coefficient (Wildman–Crippen LogP) is 12.3. The van der Waals surface area contributed by atoms with Crippen LogP contribution in [0.15, 0.2) is 58.4 Å². The second kappa shape index (κ2) is 36.1. The van der Waals surface area contributed by atoms with Crippen molar-refractivity contribution in [3.63, 3.8) is 0 Å². The van der Waals surface area contributed by atoms with Gasteiger partial charge in [0, 0.05) is 61.6 Å². The van der Waals surface area contributed by atoms with E-state index in [-0.39, 0.29) is 78.0 Å². The number of carbonyl (C=O) groups is 6. The van der Waals surface area contributed by atoms with E-state index in [4.69, 9.17) is 25.8 Å². The number of carbonyl (C=O) groups excluding carboxylic acids is 6. The summed E-state index contributed by atoms with van der Waals surface area (Å²) in [5.41, 5.74) is -2.96. The van der Waals surface area contributed by atoms with Crippen LogP contribution in [0, 0.1) is 23.3 Å². The molecule has 8 rings (SSSR count). The van der Waals surface area contributed by atoms with Crippen molar-refractivity contribution in [3.8, 4) is 11.5 Å². The number of fused-ring (bicyclic) bond motifs is 4. The van der Waals surface area contributed by atoms with Crippen LogP contribution in [0.3, 0.4) is 0 Å². The summed E-state index contributed by atoms with van der Waals surface area (Å²) in [4.78, 5) is 104. The smallest absolute Gasteiger partial charge is 0.311 e. The average Bonchev–Trinajstić information content (AvgIpc) is 2.07. The Bertz CT molecular complexity index is 3200. The van der Waals surface area contributed by atoms with E-state index in [2.05, 4.69) is 24.5 Å². The number of unbranched alkanes of at least 4 members (excludes halogenated alkanes) is 20. The molecule has 18 nitrogen and oxygen atoms in total. The fourth-order valence-corrected chi connectivity index (χ4v) is 11.4. The zero-order chi connectivity index (χ0) is 64.6. The van der Waals surface area contributed by atoms with E-state index < -0.39 is 93.2 Å². The predicted molar refractivity (Wildman–Crippen MR) is 328 cm³/mol. The van der Waals surface area contributed by atoms with E-state index in [0.29, 0.717) is 38.2 Å². The van der Waals surface area contributed by atoms with E-state index in [9.17, 15) is 61.0 Å². The maximum Gasteiger partial charge on any atom is 0.311 e. The quantitative estimate of drug-likeness (QED) is 0.0185. The number of aromatic nitrogens is 2. The fourth-order valence-electron chi connectivity index (χ4n) is 11.3. The Labute approximate surface area is 523 Å². The molecular formula is C66H87ClF4N6O12. The summed E-state index contributed by atoms with van der Waals surface area (Å²) in [5.74, 6) is -7.97. The van der Waals surface area contributed by atoms with E-state index in [0.717, 1.165) is 44.2 Å². The third kappa shape index (κ3) is 20.6. The first kappa shape index (κ1) is 71.2. The van der Waals surface area contributed by atoms with Crippen LogP contribution in [0.2, 0.25) is 0 Å². The molecule has 2 fully saturated rings. The number of rotatable bonds is 31. The lowest BCUT2D eigenvalue weighted by molar-refractivity contribution is -0.134. The Morgan fingerprint density at radius 3 is 1.36 bits per heavy atom. The molecule has 89 heavy (non-hydrogen) atoms. The molecule has 2 saturated heterocycles. The van der Waals surface area contributed by atoms with Crippen molar-refractivity contribution >= 4 is 46.4 Å². The van der Waals surface area contributed by atoms with Gasteiger partial charge in [-0.05, 0) is 50.4 Å². The number of hydrogen-bond acceptors (Lipinski definition) is 12. The molecule has 0 radical (unpaired) electrons. The van der Waals surface area contributed by atoms with E-state index in [1.165, 1.54) is 146 Å². The molecule has 488 valence electrons. The zero-order valence-electron chi connectivity index (χ0n) is 51.8. The monoisotopic (exact) mass is 1270 g/mol. The second-order valence-corrected chi connectivity index (χ2v) is 23.8. The maximum atomic E-state index is 14.1. The molecule has 4 aliphatic heterocycles. The topological polar surface area (TPSA) is 225 Å². The maximum absolute atomic E-state index is 14.1. The highest BCUT2D eigenvalue weighted by Gasteiger charge is 2.45. The van der Waals surface area contributed by atoms with E-state index >= 15 is 0 Å². The van der Waals surface area contributed by atoms with Gasteiger partial charge in [-0.25, -0.2) is 17.6 Å². The van der Waals surface area contributed by atoms with Gasteiger partial charge in [0.2, 0.25) is 21.8 Å². The van der Waals surface area contributed by atoms with Gasteiger partial charge in [-0.1, -0.05) is 154 Å². The minimum absolute atomic E-state index is 0.0237. The van der Waals surface area contributed by atoms with Crippen LogP contribution in [0.4, 0.5) is 17.6 Å². The van der Waals surface area contributed by atoms with Crippen molar-refractivity contribution in [1.29, 1.82) is 0 Å². The highest BCUT2D eigenvalue weighted by Crippen LogP contribution is 2.32. The van der Waals surface area contributed by atoms with Crippen LogP contribution in [0.1, 0.15) is 235 Å². The Morgan fingerprint density at radius 2 is 0.944 bits per heavy atom. The first-order valence-electron chi connectivity index (χ1n) is 31.7. The summed E-state index contributed by atoms with van der Waals surface area (Å²) in [6.45, 7) is 8.38. The number of pyridine rings is 2. The van der Waals surface area contributed by atoms with Crippen molar-refractivity contribution in [2.24, 2.45) is 0 Å². The van der Waals surface area contributed by atoms with Gasteiger partial charge in [0.1, 0.15) is 34.4 Å². The van der Waals surface area contributed by atoms with Crippen LogP contribution in [-0.4, -0.2) is 96.6 Å². The van der Waals surface area contributed by atoms with E-state index in [1.807, 2.05) is 6.92 Å². The third-order valence-corrected chi connectivity index (χ3v) is 16.5. The number of esters is 1. The van der Waals surface area contributed by atoms with Gasteiger partial charge in [0.25, 0.3) is 23.6 Å². The van der Waals surface area contributed by atoms with Crippen LogP contribution in [-0.2, 0) is 45.2 Å². The summed E-state index contributed by atoms with van der Waals surface area (Å²) in [7, 11) is 0. The normalized spacial score (nSPS) is 17.1. The van der Waals surface area contributed by atoms with E-state index in [1.54, 1.807) is 6.92 Å². The molecule has 6 heterocycles. The molecule has 2 aromatic carbocycles. The SMILES string of the molecule is CCCCCCCCCCCCCC(=O)Cl.CCCCCCCCCCCCCC(=O)Oc1c2n(cc(C(=O)NCc3ccc(F)cc3F)c1=O)C[C@H]1OC[C@H](C)N1C2=O.C[C@H]1CO[C@@H]2Cn3cc(C(=O)NCc4ccc(F)cc4F)c(=O)c(O)c3C(=O)N12. The minimum Gasteiger partial charge on any atom is -0.503 e. The molecule has 4 atom stereocenters. The lowest BCUT2D eigenvalue weighted by Crippen LogP contribution is -2.49. The van der Waals surface area contributed by atoms with Crippen molar-refractivity contribution in [3.05, 3.63) is 126 Å². The molecule has 0 unspecified atom stereocenters. The van der Waals surface area contributed by atoms with Gasteiger partial charge < -0.3 is 48.9 Å². The lowest BCUT2D eigenvalue weighted by Gasteiger charge is -2.34. The molecule has 0 bridgehead atoms. The fraction of sp³-hybridized carbons (Fsp3) is 0.576. The van der Waals surface area contributed by atoms with Crippen LogP contribution in [0.25, 0.3) is 0 Å². The summed E-state index contributed by atoms with van der Waals surface area (Å²) in [5, 5.41) is 14.9. The molecule has 3 N–H and O–H groups in total. The Morgan fingerprint density at radius 1 is 0.562 bits per heavy atom. The summed E-state index contributed by atoms with van der Waals surface area (Å²) in [6.07, 6.45) is 28.6. The van der Waals surface area contributed by atoms with Gasteiger partial charge in [0.15, 0.2) is 29.6 Å². The molecule has 0 saturated carbocycles. The summed E-state index contributed by atoms with van der Waals surface area (Å²) in [6, 6.07) is 5.40. The van der Waals surface area contributed by atoms with Gasteiger partial charge in [-0.2, -0.15) is 0 Å². The Kier molecular flexibility index (Phi) is 28.8. The Hall–Kier alpha value is -6.91. The minimum atomic E-state index is -1.01. The standard InChI is InChI=1S/C33H43F2N3O6.C19H17F2N3O5.C14H27ClO/c1-3-4-5-6-7-8-9-10-11-12-13-14-28(39)44-31-29-33(42)38-22(2)21-43-27(38)20-37(29)19-25(30(31)40)32(41)36-18-23-15-16-24(34)17-26(23)35;1-9-8-29-14-7-23-6-12(16(25)17(26)15(23)19(28)24(9)14)18(27)22-5-10-2-3-11(20)4-13(10)21;1-2-3-4-5-6-7-8-9-10-11-12-13-14(15)16/h15-17,19,22,27H,3-14,18,20-21H2,1-2H3,(H,36,41);2-4,6,9,14,26H,5,7-8H2,1H3,(H,22,27);2-13H2,1H3/t22-,27+;9-,14+;/m00./s1. The van der Waals surface area contributed by atoms with Crippen molar-refractivity contribution < 1.29 is 65.6 Å². The molecule has 2 aromatic heterocycles. The number of hydrogen-bond donors (Lipinski definition) is 3. The van der Waals surface area contributed by atoms with Gasteiger partial charge in [0.05, 0.1) is 38.4 Å². The second-order valence-electron chi connectivity index (χ2n) is 23.4. The van der Waals surface area contributed by atoms with Crippen LogP contribution < -0.4 is 26.2 Å². The largest absolute Gasteiger partial charge is 0.503 e. The summed E-state index contributed by atoms with van der Waals surface area (Å²) < 4.78 is 73.6. The highest BCUT2D eigenvalue weighted by atomic mass is 35.5. The average molecular weight is 1270 g/mol. The number of aromatic hydroxyl groups is 1.